The lowest BCUT2D eigenvalue weighted by Gasteiger charge is -2.17. The minimum absolute atomic E-state index is 0.00873. The van der Waals surface area contributed by atoms with E-state index in [1.165, 1.54) is 7.11 Å². The first-order valence-corrected chi connectivity index (χ1v) is 14.9. The monoisotopic (exact) mass is 623 g/mol. The number of aromatic nitrogens is 2. The summed E-state index contributed by atoms with van der Waals surface area (Å²) in [6, 6.07) is 33.1. The van der Waals surface area contributed by atoms with Crippen molar-refractivity contribution in [2.75, 3.05) is 12.4 Å². The maximum Gasteiger partial charge on any atom is 0.328 e. The zero-order chi connectivity index (χ0) is 32.9. The smallest absolute Gasteiger partial charge is 0.328 e. The predicted molar refractivity (Wildman–Crippen MR) is 174 cm³/mol. The van der Waals surface area contributed by atoms with E-state index in [-0.39, 0.29) is 12.1 Å². The van der Waals surface area contributed by atoms with Crippen LogP contribution in [-0.4, -0.2) is 46.5 Å². The number of fused-ring (bicyclic) bond motifs is 3. The molecule has 5 aromatic rings. The van der Waals surface area contributed by atoms with Crippen LogP contribution in [0.2, 0.25) is 0 Å². The molecule has 1 aliphatic carbocycles. The molecule has 0 bridgehead atoms. The van der Waals surface area contributed by atoms with Crippen molar-refractivity contribution < 1.29 is 23.9 Å². The third-order valence-corrected chi connectivity index (χ3v) is 7.98. The average Bonchev–Trinajstić information content (AvgIpc) is 3.66. The molecule has 1 heterocycles. The van der Waals surface area contributed by atoms with Gasteiger partial charge in [-0.05, 0) is 47.5 Å². The fourth-order valence-corrected chi connectivity index (χ4v) is 5.67. The van der Waals surface area contributed by atoms with Gasteiger partial charge in [0.15, 0.2) is 5.92 Å². The summed E-state index contributed by atoms with van der Waals surface area (Å²) < 4.78 is 6.57. The van der Waals surface area contributed by atoms with Crippen LogP contribution in [0.5, 0.6) is 0 Å². The Bertz CT molecular complexity index is 2020. The van der Waals surface area contributed by atoms with E-state index in [1.54, 1.807) is 53.2 Å². The highest BCUT2D eigenvalue weighted by Gasteiger charge is 2.37. The van der Waals surface area contributed by atoms with E-state index in [0.29, 0.717) is 40.2 Å². The molecular weight excluding hydrogens is 594 g/mol. The van der Waals surface area contributed by atoms with Crippen molar-refractivity contribution in [3.05, 3.63) is 137 Å². The third kappa shape index (κ3) is 6.28. The van der Waals surface area contributed by atoms with Crippen LogP contribution in [-0.2, 0) is 27.2 Å². The molecular formula is C37H29N5O5. The van der Waals surface area contributed by atoms with Gasteiger partial charge in [-0.3, -0.25) is 14.4 Å². The van der Waals surface area contributed by atoms with Gasteiger partial charge in [0.1, 0.15) is 11.7 Å². The fourth-order valence-electron chi connectivity index (χ4n) is 5.67. The standard InChI is InChI=1S/C37H29N5O5/c1-47-37(46)31(19-23-11-5-2-6-12-23)40-35(44)25-18-17-24-20-29-32(34(43)30(22-38)36(45)39-26-13-7-3-8-14-26)41-42(33(29)28(24)21-25)27-15-9-4-10-16-27/h2-18,21,30-31H,19-20H2,1H3,(H,39,45)(H,40,44)/t30?,31-/m0/s1. The number of nitrogens with zero attached hydrogens (tertiary/aromatic N) is 3. The van der Waals surface area contributed by atoms with Crippen molar-refractivity contribution in [1.29, 1.82) is 5.26 Å². The van der Waals surface area contributed by atoms with Crippen molar-refractivity contribution in [3.63, 3.8) is 0 Å². The second-order valence-electron chi connectivity index (χ2n) is 11.0. The predicted octanol–water partition coefficient (Wildman–Crippen LogP) is 4.92. The first kappa shape index (κ1) is 30.7. The molecule has 2 atom stereocenters. The SMILES string of the molecule is COC(=O)[C@H](Cc1ccccc1)NC(=O)c1ccc2c(c1)-c1c(c(C(=O)C(C#N)C(=O)Nc3ccccc3)nn1-c1ccccc1)C2. The van der Waals surface area contributed by atoms with E-state index in [9.17, 15) is 24.4 Å². The summed E-state index contributed by atoms with van der Waals surface area (Å²) >= 11 is 0. The number of carbonyl (C=O) groups is 4. The number of carbonyl (C=O) groups excluding carboxylic acids is 4. The molecule has 2 amide bonds. The molecule has 2 N–H and O–H groups in total. The molecule has 1 aromatic heterocycles. The highest BCUT2D eigenvalue weighted by atomic mass is 16.5. The number of rotatable bonds is 10. The van der Waals surface area contributed by atoms with Crippen LogP contribution < -0.4 is 10.6 Å². The van der Waals surface area contributed by atoms with Crippen LogP contribution in [0.4, 0.5) is 5.69 Å². The van der Waals surface area contributed by atoms with Crippen LogP contribution in [0, 0.1) is 17.2 Å². The maximum absolute atomic E-state index is 13.8. The van der Waals surface area contributed by atoms with Gasteiger partial charge in [0.2, 0.25) is 11.7 Å². The molecule has 1 unspecified atom stereocenters. The summed E-state index contributed by atoms with van der Waals surface area (Å²) in [5, 5.41) is 20.0. The van der Waals surface area contributed by atoms with E-state index < -0.39 is 35.5 Å². The molecule has 1 aliphatic rings. The lowest BCUT2D eigenvalue weighted by Crippen LogP contribution is -2.43. The highest BCUT2D eigenvalue weighted by molar-refractivity contribution is 6.16. The van der Waals surface area contributed by atoms with Crippen molar-refractivity contribution in [2.24, 2.45) is 5.92 Å². The molecule has 0 fully saturated rings. The summed E-state index contributed by atoms with van der Waals surface area (Å²) in [4.78, 5) is 53.0. The van der Waals surface area contributed by atoms with E-state index in [1.807, 2.05) is 66.7 Å². The Morgan fingerprint density at radius 3 is 2.23 bits per heavy atom. The molecule has 10 heteroatoms. The minimum atomic E-state index is -1.64. The number of nitrogens with one attached hydrogen (secondary N) is 2. The van der Waals surface area contributed by atoms with Crippen molar-refractivity contribution in [2.45, 2.75) is 18.9 Å². The first-order valence-electron chi connectivity index (χ1n) is 14.9. The van der Waals surface area contributed by atoms with E-state index in [2.05, 4.69) is 15.7 Å². The lowest BCUT2D eigenvalue weighted by atomic mass is 9.98. The number of para-hydroxylation sites is 2. The van der Waals surface area contributed by atoms with Crippen LogP contribution in [0.1, 0.15) is 37.5 Å². The number of nitriles is 1. The van der Waals surface area contributed by atoms with Crippen LogP contribution >= 0.6 is 0 Å². The number of benzene rings is 4. The van der Waals surface area contributed by atoms with Gasteiger partial charge in [-0.15, -0.1) is 0 Å². The Labute approximate surface area is 270 Å². The Hall–Kier alpha value is -6.34. The molecule has 232 valence electrons. The number of ketones is 1. The third-order valence-electron chi connectivity index (χ3n) is 7.98. The van der Waals surface area contributed by atoms with E-state index in [4.69, 9.17) is 4.74 Å². The molecule has 47 heavy (non-hydrogen) atoms. The second kappa shape index (κ2) is 13.3. The lowest BCUT2D eigenvalue weighted by molar-refractivity contribution is -0.142. The van der Waals surface area contributed by atoms with Gasteiger partial charge in [0, 0.05) is 35.2 Å². The van der Waals surface area contributed by atoms with Crippen LogP contribution in [0.15, 0.2) is 109 Å². The normalized spacial score (nSPS) is 12.5. The number of methoxy groups -OCH3 is 1. The molecule has 10 nitrogen and oxygen atoms in total. The fraction of sp³-hybridized carbons (Fsp3) is 0.135. The highest BCUT2D eigenvalue weighted by Crippen LogP contribution is 2.41. The van der Waals surface area contributed by atoms with Gasteiger partial charge in [0.05, 0.1) is 24.6 Å². The Kier molecular flexibility index (Phi) is 8.71. The summed E-state index contributed by atoms with van der Waals surface area (Å²) in [7, 11) is 1.27. The van der Waals surface area contributed by atoms with Crippen molar-refractivity contribution in [3.8, 4) is 23.0 Å². The van der Waals surface area contributed by atoms with Crippen molar-refractivity contribution >= 4 is 29.3 Å². The molecule has 0 aliphatic heterocycles. The summed E-state index contributed by atoms with van der Waals surface area (Å²) in [5.74, 6) is -4.16. The molecule has 6 rings (SSSR count). The van der Waals surface area contributed by atoms with Crippen LogP contribution in [0.25, 0.3) is 16.9 Å². The Morgan fingerprint density at radius 2 is 1.57 bits per heavy atom. The first-order chi connectivity index (χ1) is 22.9. The zero-order valence-corrected chi connectivity index (χ0v) is 25.3. The molecule has 0 spiro atoms. The molecule has 0 saturated carbocycles. The van der Waals surface area contributed by atoms with Gasteiger partial charge >= 0.3 is 5.97 Å². The molecule has 0 saturated heterocycles. The zero-order valence-electron chi connectivity index (χ0n) is 25.3. The van der Waals surface area contributed by atoms with Gasteiger partial charge < -0.3 is 15.4 Å². The number of anilines is 1. The number of hydrogen-bond donors (Lipinski definition) is 2. The number of Topliss-reactive ketones (excluding diaryl/α,β-unsaturated/α-hetero) is 1. The van der Waals surface area contributed by atoms with Gasteiger partial charge in [-0.2, -0.15) is 10.4 Å². The van der Waals surface area contributed by atoms with Gasteiger partial charge in [0.25, 0.3) is 5.91 Å². The van der Waals surface area contributed by atoms with Crippen molar-refractivity contribution in [1.82, 2.24) is 15.1 Å². The number of hydrogen-bond acceptors (Lipinski definition) is 7. The van der Waals surface area contributed by atoms with Crippen LogP contribution in [0.3, 0.4) is 0 Å². The number of ether oxygens (including phenoxy) is 1. The summed E-state index contributed by atoms with van der Waals surface area (Å²) in [5.41, 5.74) is 4.92. The maximum atomic E-state index is 13.8. The Balaban J connectivity index is 1.34. The average molecular weight is 624 g/mol. The van der Waals surface area contributed by atoms with Gasteiger partial charge in [-0.1, -0.05) is 72.8 Å². The van der Waals surface area contributed by atoms with E-state index in [0.717, 1.165) is 11.1 Å². The van der Waals surface area contributed by atoms with E-state index >= 15 is 0 Å². The number of amides is 2. The summed E-state index contributed by atoms with van der Waals surface area (Å²) in [6.07, 6.45) is 0.552. The van der Waals surface area contributed by atoms with Gasteiger partial charge in [-0.25, -0.2) is 9.48 Å². The molecule has 4 aromatic carbocycles. The second-order valence-corrected chi connectivity index (χ2v) is 11.0. The quantitative estimate of drug-likeness (QED) is 0.125. The number of esters is 1. The summed E-state index contributed by atoms with van der Waals surface area (Å²) in [6.45, 7) is 0. The largest absolute Gasteiger partial charge is 0.467 e. The Morgan fingerprint density at radius 1 is 0.915 bits per heavy atom. The minimum Gasteiger partial charge on any atom is -0.467 e. The topological polar surface area (TPSA) is 143 Å². The molecule has 0 radical (unpaired) electrons.